The Morgan fingerprint density at radius 2 is 1.74 bits per heavy atom. The predicted octanol–water partition coefficient (Wildman–Crippen LogP) is 2.14. The Labute approximate surface area is 142 Å². The van der Waals surface area contributed by atoms with Gasteiger partial charge in [-0.1, -0.05) is 11.6 Å². The fourth-order valence-electron chi connectivity index (χ4n) is 2.65. The zero-order valence-corrected chi connectivity index (χ0v) is 14.3. The van der Waals surface area contributed by atoms with Gasteiger partial charge in [0.05, 0.1) is 0 Å². The molecule has 2 rings (SSSR count). The maximum Gasteiger partial charge on any atom is 0.253 e. The van der Waals surface area contributed by atoms with Gasteiger partial charge in [-0.15, -0.1) is 0 Å². The Kier molecular flexibility index (Phi) is 6.42. The fraction of sp³-hybridized carbons (Fsp3) is 0.529. The highest BCUT2D eigenvalue weighted by Crippen LogP contribution is 2.14. The van der Waals surface area contributed by atoms with E-state index in [0.29, 0.717) is 49.6 Å². The molecule has 0 radical (unpaired) electrons. The van der Waals surface area contributed by atoms with Crippen LogP contribution in [0.1, 0.15) is 36.5 Å². The Balaban J connectivity index is 1.91. The molecule has 0 aromatic heterocycles. The SMILES string of the molecule is CC(N)CCC(=O)N1CCCN(C(=O)c2ccc(Cl)cc2)CC1. The van der Waals surface area contributed by atoms with Gasteiger partial charge in [0, 0.05) is 49.2 Å². The van der Waals surface area contributed by atoms with Gasteiger partial charge < -0.3 is 15.5 Å². The molecule has 1 fully saturated rings. The average Bonchev–Trinajstić information content (AvgIpc) is 2.78. The van der Waals surface area contributed by atoms with E-state index in [2.05, 4.69) is 0 Å². The second kappa shape index (κ2) is 8.31. The van der Waals surface area contributed by atoms with Crippen LogP contribution in [0.4, 0.5) is 0 Å². The summed E-state index contributed by atoms with van der Waals surface area (Å²) < 4.78 is 0. The highest BCUT2D eigenvalue weighted by Gasteiger charge is 2.22. The molecule has 1 aliphatic rings. The summed E-state index contributed by atoms with van der Waals surface area (Å²) in [7, 11) is 0. The summed E-state index contributed by atoms with van der Waals surface area (Å²) in [5.41, 5.74) is 6.34. The van der Waals surface area contributed by atoms with Crippen LogP contribution in [-0.4, -0.2) is 53.8 Å². The van der Waals surface area contributed by atoms with Crippen molar-refractivity contribution in [3.63, 3.8) is 0 Å². The van der Waals surface area contributed by atoms with E-state index >= 15 is 0 Å². The van der Waals surface area contributed by atoms with Crippen LogP contribution in [0, 0.1) is 0 Å². The normalized spacial score (nSPS) is 16.8. The Morgan fingerprint density at radius 3 is 2.39 bits per heavy atom. The van der Waals surface area contributed by atoms with Crippen molar-refractivity contribution >= 4 is 23.4 Å². The number of hydrogen-bond acceptors (Lipinski definition) is 3. The third kappa shape index (κ3) is 5.22. The van der Waals surface area contributed by atoms with E-state index in [1.54, 1.807) is 24.3 Å². The van der Waals surface area contributed by atoms with Crippen LogP contribution in [0.3, 0.4) is 0 Å². The number of hydrogen-bond donors (Lipinski definition) is 1. The molecule has 0 aliphatic carbocycles. The lowest BCUT2D eigenvalue weighted by molar-refractivity contribution is -0.131. The van der Waals surface area contributed by atoms with Crippen molar-refractivity contribution in [2.24, 2.45) is 5.73 Å². The first-order chi connectivity index (χ1) is 11.0. The number of rotatable bonds is 4. The van der Waals surface area contributed by atoms with Gasteiger partial charge in [0.2, 0.25) is 5.91 Å². The monoisotopic (exact) mass is 337 g/mol. The van der Waals surface area contributed by atoms with Crippen molar-refractivity contribution in [1.29, 1.82) is 0 Å². The van der Waals surface area contributed by atoms with Gasteiger partial charge in [0.25, 0.3) is 5.91 Å². The molecular weight excluding hydrogens is 314 g/mol. The van der Waals surface area contributed by atoms with E-state index in [-0.39, 0.29) is 17.9 Å². The van der Waals surface area contributed by atoms with Gasteiger partial charge in [0.1, 0.15) is 0 Å². The molecule has 1 atom stereocenters. The van der Waals surface area contributed by atoms with Crippen molar-refractivity contribution in [2.45, 2.75) is 32.2 Å². The van der Waals surface area contributed by atoms with Crippen molar-refractivity contribution in [3.05, 3.63) is 34.9 Å². The second-order valence-corrected chi connectivity index (χ2v) is 6.49. The summed E-state index contributed by atoms with van der Waals surface area (Å²) in [4.78, 5) is 28.4. The maximum absolute atomic E-state index is 12.5. The molecule has 1 unspecified atom stereocenters. The number of nitrogens with two attached hydrogens (primary N) is 1. The fourth-order valence-corrected chi connectivity index (χ4v) is 2.78. The number of amides is 2. The van der Waals surface area contributed by atoms with Gasteiger partial charge in [-0.3, -0.25) is 9.59 Å². The zero-order valence-electron chi connectivity index (χ0n) is 13.5. The largest absolute Gasteiger partial charge is 0.341 e. The summed E-state index contributed by atoms with van der Waals surface area (Å²) in [6, 6.07) is 6.95. The molecule has 0 spiro atoms. The highest BCUT2D eigenvalue weighted by molar-refractivity contribution is 6.30. The van der Waals surface area contributed by atoms with Gasteiger partial charge in [-0.05, 0) is 44.0 Å². The first kappa shape index (κ1) is 17.8. The van der Waals surface area contributed by atoms with Crippen molar-refractivity contribution in [2.75, 3.05) is 26.2 Å². The minimum atomic E-state index is -0.00783. The van der Waals surface area contributed by atoms with E-state index in [1.165, 1.54) is 0 Å². The molecule has 23 heavy (non-hydrogen) atoms. The summed E-state index contributed by atoms with van der Waals surface area (Å²) >= 11 is 5.86. The van der Waals surface area contributed by atoms with Crippen LogP contribution in [0.15, 0.2) is 24.3 Å². The van der Waals surface area contributed by atoms with E-state index < -0.39 is 0 Å². The summed E-state index contributed by atoms with van der Waals surface area (Å²) in [5.74, 6) is 0.120. The number of halogens is 1. The van der Waals surface area contributed by atoms with Gasteiger partial charge in [0.15, 0.2) is 0 Å². The number of carbonyl (C=O) groups is 2. The predicted molar refractivity (Wildman–Crippen MR) is 91.4 cm³/mol. The standard InChI is InChI=1S/C17H24ClN3O2/c1-13(19)3-8-16(22)20-9-2-10-21(12-11-20)17(23)14-4-6-15(18)7-5-14/h4-7,13H,2-3,8-12,19H2,1H3. The van der Waals surface area contributed by atoms with E-state index in [0.717, 1.165) is 6.42 Å². The lowest BCUT2D eigenvalue weighted by Gasteiger charge is -2.22. The first-order valence-corrected chi connectivity index (χ1v) is 8.43. The quantitative estimate of drug-likeness (QED) is 0.915. The van der Waals surface area contributed by atoms with Crippen molar-refractivity contribution < 1.29 is 9.59 Å². The molecule has 126 valence electrons. The summed E-state index contributed by atoms with van der Waals surface area (Å²) in [5, 5.41) is 0.614. The van der Waals surface area contributed by atoms with E-state index in [1.807, 2.05) is 16.7 Å². The molecule has 1 aromatic rings. The Hall–Kier alpha value is -1.59. The third-order valence-corrected chi connectivity index (χ3v) is 4.29. The Bertz CT molecular complexity index is 545. The first-order valence-electron chi connectivity index (χ1n) is 8.05. The smallest absolute Gasteiger partial charge is 0.253 e. The molecule has 1 heterocycles. The van der Waals surface area contributed by atoms with Crippen molar-refractivity contribution in [1.82, 2.24) is 9.80 Å². The number of nitrogens with zero attached hydrogens (tertiary/aromatic N) is 2. The van der Waals surface area contributed by atoms with Crippen molar-refractivity contribution in [3.8, 4) is 0 Å². The number of benzene rings is 1. The van der Waals surface area contributed by atoms with Crippen LogP contribution in [0.2, 0.25) is 5.02 Å². The number of carbonyl (C=O) groups excluding carboxylic acids is 2. The zero-order chi connectivity index (χ0) is 16.8. The van der Waals surface area contributed by atoms with E-state index in [9.17, 15) is 9.59 Å². The molecule has 5 nitrogen and oxygen atoms in total. The van der Waals surface area contributed by atoms with Gasteiger partial charge in [-0.25, -0.2) is 0 Å². The highest BCUT2D eigenvalue weighted by atomic mass is 35.5. The van der Waals surface area contributed by atoms with Gasteiger partial charge in [-0.2, -0.15) is 0 Å². The minimum Gasteiger partial charge on any atom is -0.341 e. The lowest BCUT2D eigenvalue weighted by Crippen LogP contribution is -2.37. The topological polar surface area (TPSA) is 66.6 Å². The van der Waals surface area contributed by atoms with Crippen LogP contribution in [0.25, 0.3) is 0 Å². The summed E-state index contributed by atoms with van der Waals surface area (Å²) in [6.45, 7) is 4.41. The van der Waals surface area contributed by atoms with Crippen LogP contribution >= 0.6 is 11.6 Å². The lowest BCUT2D eigenvalue weighted by atomic mass is 10.2. The second-order valence-electron chi connectivity index (χ2n) is 6.05. The molecular formula is C17H24ClN3O2. The molecule has 2 N–H and O–H groups in total. The molecule has 1 aromatic carbocycles. The maximum atomic E-state index is 12.5. The summed E-state index contributed by atoms with van der Waals surface area (Å²) in [6.07, 6.45) is 1.97. The molecule has 2 amide bonds. The Morgan fingerprint density at radius 1 is 1.13 bits per heavy atom. The van der Waals surface area contributed by atoms with E-state index in [4.69, 9.17) is 17.3 Å². The molecule has 0 bridgehead atoms. The molecule has 1 aliphatic heterocycles. The average molecular weight is 338 g/mol. The van der Waals surface area contributed by atoms with Crippen LogP contribution in [-0.2, 0) is 4.79 Å². The molecule has 6 heteroatoms. The third-order valence-electron chi connectivity index (χ3n) is 4.04. The molecule has 1 saturated heterocycles. The van der Waals surface area contributed by atoms with Gasteiger partial charge >= 0.3 is 0 Å². The van der Waals surface area contributed by atoms with Crippen LogP contribution in [0.5, 0.6) is 0 Å². The van der Waals surface area contributed by atoms with Crippen LogP contribution < -0.4 is 5.73 Å². The molecule has 0 saturated carbocycles. The minimum absolute atomic E-state index is 0.00783.